The second-order valence-corrected chi connectivity index (χ2v) is 4.44. The highest BCUT2D eigenvalue weighted by Gasteiger charge is 2.45. The molecule has 1 rings (SSSR count). The van der Waals surface area contributed by atoms with Crippen LogP contribution in [0.1, 0.15) is 20.3 Å². The van der Waals surface area contributed by atoms with Crippen LogP contribution in [0.15, 0.2) is 0 Å². The molecule has 0 aliphatic carbocycles. The van der Waals surface area contributed by atoms with E-state index in [2.05, 4.69) is 19.2 Å². The molecule has 0 atom stereocenters. The van der Waals surface area contributed by atoms with Crippen molar-refractivity contribution in [2.75, 3.05) is 26.3 Å². The molecule has 0 bridgehead atoms. The number of hydrogen-bond donors (Lipinski definition) is 2. The van der Waals surface area contributed by atoms with Crippen molar-refractivity contribution in [3.63, 3.8) is 0 Å². The molecule has 1 aliphatic heterocycles. The molecule has 2 N–H and O–H groups in total. The fraction of sp³-hybridized carbons (Fsp3) is 0.900. The Hall–Kier alpha value is -0.610. The lowest BCUT2D eigenvalue weighted by atomic mass is 9.86. The first-order valence-corrected chi connectivity index (χ1v) is 5.09. The molecule has 1 saturated heterocycles. The minimum absolute atomic E-state index is 0.344. The largest absolute Gasteiger partial charge is 0.481 e. The highest BCUT2D eigenvalue weighted by molar-refractivity contribution is 5.76. The Labute approximate surface area is 84.6 Å². The van der Waals surface area contributed by atoms with E-state index in [9.17, 15) is 4.79 Å². The maximum absolute atomic E-state index is 10.9. The van der Waals surface area contributed by atoms with Gasteiger partial charge < -0.3 is 15.2 Å². The zero-order chi connectivity index (χ0) is 10.6. The molecule has 14 heavy (non-hydrogen) atoms. The number of rotatable bonds is 6. The molecule has 1 aliphatic rings. The predicted octanol–water partition coefficient (Wildman–Crippen LogP) is 0.723. The van der Waals surface area contributed by atoms with Crippen LogP contribution in [0.5, 0.6) is 0 Å². The van der Waals surface area contributed by atoms with Gasteiger partial charge in [0.1, 0.15) is 5.41 Å². The number of ether oxygens (including phenoxy) is 1. The molecule has 82 valence electrons. The zero-order valence-corrected chi connectivity index (χ0v) is 8.88. The Morgan fingerprint density at radius 3 is 2.57 bits per heavy atom. The first-order valence-electron chi connectivity index (χ1n) is 5.09. The third-order valence-electron chi connectivity index (χ3n) is 2.57. The quantitative estimate of drug-likeness (QED) is 0.622. The third-order valence-corrected chi connectivity index (χ3v) is 2.57. The topological polar surface area (TPSA) is 58.6 Å². The summed E-state index contributed by atoms with van der Waals surface area (Å²) >= 11 is 0. The minimum atomic E-state index is -0.749. The summed E-state index contributed by atoms with van der Waals surface area (Å²) in [6.07, 6.45) is 1.08. The normalized spacial score (nSPS) is 19.4. The van der Waals surface area contributed by atoms with Gasteiger partial charge in [0.15, 0.2) is 0 Å². The Morgan fingerprint density at radius 2 is 2.21 bits per heavy atom. The van der Waals surface area contributed by atoms with Crippen LogP contribution in [-0.2, 0) is 9.53 Å². The van der Waals surface area contributed by atoms with Crippen LogP contribution in [0, 0.1) is 11.3 Å². The first kappa shape index (κ1) is 11.5. The smallest absolute Gasteiger partial charge is 0.315 e. The van der Waals surface area contributed by atoms with Gasteiger partial charge in [-0.05, 0) is 18.9 Å². The molecule has 0 unspecified atom stereocenters. The molecule has 0 saturated carbocycles. The van der Waals surface area contributed by atoms with Crippen molar-refractivity contribution >= 4 is 5.97 Å². The van der Waals surface area contributed by atoms with Crippen LogP contribution in [0.3, 0.4) is 0 Å². The fourth-order valence-electron chi connectivity index (χ4n) is 1.37. The molecule has 4 heteroatoms. The number of carboxylic acids is 1. The second kappa shape index (κ2) is 4.75. The summed E-state index contributed by atoms with van der Waals surface area (Å²) in [5.41, 5.74) is -0.656. The maximum Gasteiger partial charge on any atom is 0.315 e. The Bertz CT molecular complexity index is 200. The Balaban J connectivity index is 2.19. The molecule has 0 spiro atoms. The van der Waals surface area contributed by atoms with Crippen molar-refractivity contribution < 1.29 is 14.6 Å². The van der Waals surface area contributed by atoms with Crippen molar-refractivity contribution in [2.45, 2.75) is 20.3 Å². The minimum Gasteiger partial charge on any atom is -0.481 e. The molecule has 0 aromatic heterocycles. The van der Waals surface area contributed by atoms with Crippen LogP contribution in [0.4, 0.5) is 0 Å². The van der Waals surface area contributed by atoms with E-state index >= 15 is 0 Å². The number of hydrogen-bond acceptors (Lipinski definition) is 3. The van der Waals surface area contributed by atoms with Crippen LogP contribution >= 0.6 is 0 Å². The highest BCUT2D eigenvalue weighted by Crippen LogP contribution is 2.26. The van der Waals surface area contributed by atoms with E-state index in [1.54, 1.807) is 0 Å². The average Bonchev–Trinajstić information content (AvgIpc) is 1.99. The first-order chi connectivity index (χ1) is 6.57. The van der Waals surface area contributed by atoms with E-state index in [0.29, 0.717) is 25.7 Å². The monoisotopic (exact) mass is 201 g/mol. The van der Waals surface area contributed by atoms with E-state index in [4.69, 9.17) is 9.84 Å². The van der Waals surface area contributed by atoms with Crippen LogP contribution < -0.4 is 5.32 Å². The molecular weight excluding hydrogens is 182 g/mol. The van der Waals surface area contributed by atoms with Crippen molar-refractivity contribution in [1.82, 2.24) is 5.32 Å². The molecule has 1 fully saturated rings. The van der Waals surface area contributed by atoms with E-state index in [1.165, 1.54) is 0 Å². The van der Waals surface area contributed by atoms with Crippen LogP contribution in [0.2, 0.25) is 0 Å². The number of carbonyl (C=O) groups is 1. The van der Waals surface area contributed by atoms with Gasteiger partial charge in [-0.3, -0.25) is 4.79 Å². The summed E-state index contributed by atoms with van der Waals surface area (Å²) in [7, 11) is 0. The molecule has 0 aromatic rings. The van der Waals surface area contributed by atoms with Gasteiger partial charge in [0.2, 0.25) is 0 Å². The molecule has 0 amide bonds. The van der Waals surface area contributed by atoms with Crippen molar-refractivity contribution in [3.05, 3.63) is 0 Å². The number of nitrogens with one attached hydrogen (secondary N) is 1. The SMILES string of the molecule is CC(C)CCNCC1(C(=O)O)COC1. The molecule has 4 nitrogen and oxygen atoms in total. The van der Waals surface area contributed by atoms with E-state index < -0.39 is 11.4 Å². The fourth-order valence-corrected chi connectivity index (χ4v) is 1.37. The average molecular weight is 201 g/mol. The zero-order valence-electron chi connectivity index (χ0n) is 8.88. The van der Waals surface area contributed by atoms with E-state index in [0.717, 1.165) is 13.0 Å². The van der Waals surface area contributed by atoms with Crippen molar-refractivity contribution in [1.29, 1.82) is 0 Å². The van der Waals surface area contributed by atoms with Gasteiger partial charge in [-0.1, -0.05) is 13.8 Å². The lowest BCUT2D eigenvalue weighted by molar-refractivity contribution is -0.178. The number of aliphatic carboxylic acids is 1. The number of carboxylic acid groups (broad SMARTS) is 1. The van der Waals surface area contributed by atoms with E-state index in [1.807, 2.05) is 0 Å². The van der Waals surface area contributed by atoms with Gasteiger partial charge in [-0.25, -0.2) is 0 Å². The Morgan fingerprint density at radius 1 is 1.57 bits per heavy atom. The summed E-state index contributed by atoms with van der Waals surface area (Å²) in [4.78, 5) is 10.9. The van der Waals surface area contributed by atoms with Crippen molar-refractivity contribution in [2.24, 2.45) is 11.3 Å². The van der Waals surface area contributed by atoms with Crippen LogP contribution in [-0.4, -0.2) is 37.4 Å². The van der Waals surface area contributed by atoms with Gasteiger partial charge in [-0.2, -0.15) is 0 Å². The lowest BCUT2D eigenvalue weighted by Gasteiger charge is -2.37. The van der Waals surface area contributed by atoms with Gasteiger partial charge in [-0.15, -0.1) is 0 Å². The van der Waals surface area contributed by atoms with Gasteiger partial charge >= 0.3 is 5.97 Å². The predicted molar refractivity (Wildman–Crippen MR) is 53.2 cm³/mol. The maximum atomic E-state index is 10.9. The third kappa shape index (κ3) is 2.69. The van der Waals surface area contributed by atoms with E-state index in [-0.39, 0.29) is 0 Å². The summed E-state index contributed by atoms with van der Waals surface area (Å²) < 4.78 is 4.96. The standard InChI is InChI=1S/C10H19NO3/c1-8(2)3-4-11-5-10(9(12)13)6-14-7-10/h8,11H,3-7H2,1-2H3,(H,12,13). The van der Waals surface area contributed by atoms with Crippen molar-refractivity contribution in [3.8, 4) is 0 Å². The summed E-state index contributed by atoms with van der Waals surface area (Å²) in [5, 5.41) is 12.2. The molecular formula is C10H19NO3. The Kier molecular flexibility index (Phi) is 3.89. The van der Waals surface area contributed by atoms with Crippen LogP contribution in [0.25, 0.3) is 0 Å². The van der Waals surface area contributed by atoms with Gasteiger partial charge in [0.05, 0.1) is 13.2 Å². The lowest BCUT2D eigenvalue weighted by Crippen LogP contribution is -2.55. The summed E-state index contributed by atoms with van der Waals surface area (Å²) in [6, 6.07) is 0. The summed E-state index contributed by atoms with van der Waals surface area (Å²) in [5.74, 6) is -0.0956. The molecule has 0 aromatic carbocycles. The summed E-state index contributed by atoms with van der Waals surface area (Å²) in [6.45, 7) is 6.40. The van der Waals surface area contributed by atoms with Gasteiger partial charge in [0.25, 0.3) is 0 Å². The molecule has 0 radical (unpaired) electrons. The highest BCUT2D eigenvalue weighted by atomic mass is 16.5. The van der Waals surface area contributed by atoms with Gasteiger partial charge in [0, 0.05) is 6.54 Å². The second-order valence-electron chi connectivity index (χ2n) is 4.44. The molecule has 1 heterocycles.